The van der Waals surface area contributed by atoms with Crippen LogP contribution < -0.4 is 4.90 Å². The number of rotatable bonds is 1. The van der Waals surface area contributed by atoms with Crippen LogP contribution in [0.5, 0.6) is 0 Å². The van der Waals surface area contributed by atoms with Crippen LogP contribution >= 0.6 is 11.6 Å². The number of hydrogen-bond acceptors (Lipinski definition) is 4. The number of piperazine rings is 1. The molecule has 1 aromatic carbocycles. The third-order valence-electron chi connectivity index (χ3n) is 5.23. The zero-order valence-electron chi connectivity index (χ0n) is 13.1. The molecule has 0 spiro atoms. The molecule has 0 saturated carbocycles. The van der Waals surface area contributed by atoms with Gasteiger partial charge in [-0.25, -0.2) is 14.5 Å². The van der Waals surface area contributed by atoms with Gasteiger partial charge in [0, 0.05) is 6.54 Å². The van der Waals surface area contributed by atoms with Crippen LogP contribution in [0.3, 0.4) is 0 Å². The van der Waals surface area contributed by atoms with Crippen molar-refractivity contribution in [3.63, 3.8) is 0 Å². The number of halogens is 1. The van der Waals surface area contributed by atoms with Gasteiger partial charge < -0.3 is 14.9 Å². The van der Waals surface area contributed by atoms with Crippen molar-refractivity contribution >= 4 is 35.3 Å². The minimum atomic E-state index is -1.08. The van der Waals surface area contributed by atoms with Gasteiger partial charge in [0.1, 0.15) is 12.1 Å². The van der Waals surface area contributed by atoms with Crippen LogP contribution in [0, 0.1) is 18.3 Å². The lowest BCUT2D eigenvalue weighted by atomic mass is 10.1. The van der Waals surface area contributed by atoms with Crippen LogP contribution in [-0.4, -0.2) is 57.6 Å². The SMILES string of the molecule is Cc1c(N2C(=O)[C@@H]3[C@@H]4C[C@@H](CN4C(=O)O)N3C2=O)ccc(C#N)c1Cl. The number of urea groups is 1. The number of anilines is 1. The van der Waals surface area contributed by atoms with Gasteiger partial charge in [0.25, 0.3) is 5.91 Å². The van der Waals surface area contributed by atoms with Gasteiger partial charge in [-0.3, -0.25) is 4.79 Å². The smallest absolute Gasteiger partial charge is 0.407 e. The number of nitrogens with zero attached hydrogens (tertiary/aromatic N) is 4. The average Bonchev–Trinajstić information content (AvgIpc) is 3.23. The number of likely N-dealkylation sites (tertiary alicyclic amines) is 1. The number of carbonyl (C=O) groups excluding carboxylic acids is 2. The van der Waals surface area contributed by atoms with Crippen LogP contribution in [0.2, 0.25) is 5.02 Å². The topological polar surface area (TPSA) is 105 Å². The second kappa shape index (κ2) is 5.10. The molecular formula is C16H13ClN4O4. The highest BCUT2D eigenvalue weighted by Gasteiger charge is 2.63. The maximum Gasteiger partial charge on any atom is 0.407 e. The average molecular weight is 361 g/mol. The summed E-state index contributed by atoms with van der Waals surface area (Å²) in [6.45, 7) is 1.86. The van der Waals surface area contributed by atoms with E-state index in [2.05, 4.69) is 0 Å². The van der Waals surface area contributed by atoms with Crippen molar-refractivity contribution in [1.29, 1.82) is 5.26 Å². The molecule has 0 aliphatic carbocycles. The van der Waals surface area contributed by atoms with E-state index in [0.29, 0.717) is 17.7 Å². The molecule has 1 aromatic rings. The number of imide groups is 1. The first-order chi connectivity index (χ1) is 11.9. The van der Waals surface area contributed by atoms with Crippen LogP contribution in [0.1, 0.15) is 17.5 Å². The highest BCUT2D eigenvalue weighted by molar-refractivity contribution is 6.33. The molecule has 3 aliphatic heterocycles. The third-order valence-corrected chi connectivity index (χ3v) is 5.72. The Hall–Kier alpha value is -2.79. The second-order valence-electron chi connectivity index (χ2n) is 6.38. The van der Waals surface area contributed by atoms with E-state index in [4.69, 9.17) is 16.9 Å². The van der Waals surface area contributed by atoms with Gasteiger partial charge in [-0.15, -0.1) is 0 Å². The van der Waals surface area contributed by atoms with Crippen LogP contribution in [0.15, 0.2) is 12.1 Å². The number of benzene rings is 1. The van der Waals surface area contributed by atoms with E-state index in [1.807, 2.05) is 6.07 Å². The Kier molecular flexibility index (Phi) is 3.21. The van der Waals surface area contributed by atoms with Crippen LogP contribution in [0.4, 0.5) is 15.3 Å². The van der Waals surface area contributed by atoms with E-state index in [1.54, 1.807) is 6.92 Å². The van der Waals surface area contributed by atoms with E-state index in [0.717, 1.165) is 4.90 Å². The molecule has 3 heterocycles. The molecular weight excluding hydrogens is 348 g/mol. The number of carboxylic acid groups (broad SMARTS) is 1. The Morgan fingerprint density at radius 3 is 2.76 bits per heavy atom. The van der Waals surface area contributed by atoms with Gasteiger partial charge >= 0.3 is 12.1 Å². The first-order valence-corrected chi connectivity index (χ1v) is 8.09. The fraction of sp³-hybridized carbons (Fsp3) is 0.375. The van der Waals surface area contributed by atoms with E-state index >= 15 is 0 Å². The normalized spacial score (nSPS) is 27.1. The molecule has 3 aliphatic rings. The van der Waals surface area contributed by atoms with E-state index in [-0.39, 0.29) is 23.2 Å². The Morgan fingerprint density at radius 2 is 2.12 bits per heavy atom. The Morgan fingerprint density at radius 1 is 1.40 bits per heavy atom. The monoisotopic (exact) mass is 360 g/mol. The van der Waals surface area contributed by atoms with Crippen molar-refractivity contribution in [2.75, 3.05) is 11.4 Å². The summed E-state index contributed by atoms with van der Waals surface area (Å²) in [4.78, 5) is 40.9. The standard InChI is InChI=1S/C16H13ClN4O4/c1-7-10(3-2-8(5-18)12(7)17)21-14(22)13-11-4-9(20(13)15(21)23)6-19(11)16(24)25/h2-3,9,11,13H,4,6H2,1H3,(H,24,25)/t9-,11-,13-/m0/s1. The Labute approximate surface area is 147 Å². The lowest BCUT2D eigenvalue weighted by Crippen LogP contribution is -2.54. The van der Waals surface area contributed by atoms with Gasteiger partial charge in [-0.05, 0) is 31.0 Å². The minimum Gasteiger partial charge on any atom is -0.465 e. The highest BCUT2D eigenvalue weighted by Crippen LogP contribution is 2.43. The zero-order valence-corrected chi connectivity index (χ0v) is 13.9. The molecule has 3 fully saturated rings. The molecule has 8 nitrogen and oxygen atoms in total. The zero-order chi connectivity index (χ0) is 18.0. The summed E-state index contributed by atoms with van der Waals surface area (Å²) in [6, 6.07) is 2.88. The van der Waals surface area contributed by atoms with Gasteiger partial charge in [0.15, 0.2) is 0 Å². The lowest BCUT2D eigenvalue weighted by Gasteiger charge is -2.32. The number of amides is 4. The molecule has 3 atom stereocenters. The maximum atomic E-state index is 12.9. The molecule has 3 saturated heterocycles. The molecule has 128 valence electrons. The van der Waals surface area contributed by atoms with Gasteiger partial charge in [0.2, 0.25) is 0 Å². The predicted molar refractivity (Wildman–Crippen MR) is 86.3 cm³/mol. The fourth-order valence-corrected chi connectivity index (χ4v) is 4.30. The van der Waals surface area contributed by atoms with Crippen molar-refractivity contribution in [3.05, 3.63) is 28.3 Å². The van der Waals surface area contributed by atoms with Crippen molar-refractivity contribution in [2.45, 2.75) is 31.5 Å². The summed E-state index contributed by atoms with van der Waals surface area (Å²) in [5.41, 5.74) is 1.06. The number of hydrogen-bond donors (Lipinski definition) is 1. The number of carbonyl (C=O) groups is 3. The largest absolute Gasteiger partial charge is 0.465 e. The minimum absolute atomic E-state index is 0.197. The fourth-order valence-electron chi connectivity index (χ4n) is 4.10. The molecule has 0 radical (unpaired) electrons. The second-order valence-corrected chi connectivity index (χ2v) is 6.76. The predicted octanol–water partition coefficient (Wildman–Crippen LogP) is 1.79. The summed E-state index contributed by atoms with van der Waals surface area (Å²) in [5.74, 6) is -0.452. The quantitative estimate of drug-likeness (QED) is 0.769. The third kappa shape index (κ3) is 1.90. The first kappa shape index (κ1) is 15.7. The molecule has 25 heavy (non-hydrogen) atoms. The van der Waals surface area contributed by atoms with Gasteiger partial charge in [0.05, 0.1) is 28.4 Å². The summed E-state index contributed by atoms with van der Waals surface area (Å²) < 4.78 is 0. The lowest BCUT2D eigenvalue weighted by molar-refractivity contribution is -0.121. The van der Waals surface area contributed by atoms with Crippen LogP contribution in [0.25, 0.3) is 0 Å². The molecule has 9 heteroatoms. The van der Waals surface area contributed by atoms with Crippen LogP contribution in [-0.2, 0) is 4.79 Å². The molecule has 0 unspecified atom stereocenters. The molecule has 2 bridgehead atoms. The highest BCUT2D eigenvalue weighted by atomic mass is 35.5. The number of fused-ring (bicyclic) bond motifs is 5. The molecule has 4 rings (SSSR count). The van der Waals surface area contributed by atoms with Crippen molar-refractivity contribution in [2.24, 2.45) is 0 Å². The summed E-state index contributed by atoms with van der Waals surface area (Å²) in [6.07, 6.45) is -0.599. The Balaban J connectivity index is 1.75. The summed E-state index contributed by atoms with van der Waals surface area (Å²) in [7, 11) is 0. The van der Waals surface area contributed by atoms with Crippen molar-refractivity contribution in [3.8, 4) is 6.07 Å². The van der Waals surface area contributed by atoms with Crippen molar-refractivity contribution in [1.82, 2.24) is 9.80 Å². The van der Waals surface area contributed by atoms with Gasteiger partial charge in [-0.2, -0.15) is 5.26 Å². The molecule has 0 aromatic heterocycles. The maximum absolute atomic E-state index is 12.9. The van der Waals surface area contributed by atoms with E-state index in [1.165, 1.54) is 21.9 Å². The van der Waals surface area contributed by atoms with E-state index < -0.39 is 30.1 Å². The number of nitriles is 1. The van der Waals surface area contributed by atoms with Gasteiger partial charge in [-0.1, -0.05) is 11.6 Å². The molecule has 4 amide bonds. The molecule has 1 N–H and O–H groups in total. The van der Waals surface area contributed by atoms with E-state index in [9.17, 15) is 19.5 Å². The van der Waals surface area contributed by atoms with Crippen molar-refractivity contribution < 1.29 is 19.5 Å². The first-order valence-electron chi connectivity index (χ1n) is 7.71. The summed E-state index contributed by atoms with van der Waals surface area (Å²) in [5, 5.41) is 18.5. The Bertz CT molecular complexity index is 880. The summed E-state index contributed by atoms with van der Waals surface area (Å²) >= 11 is 6.16.